The first-order valence-corrected chi connectivity index (χ1v) is 7.55. The van der Waals surface area contributed by atoms with Crippen molar-refractivity contribution in [3.8, 4) is 5.75 Å². The zero-order valence-corrected chi connectivity index (χ0v) is 13.1. The zero-order valence-electron chi connectivity index (χ0n) is 13.1. The Kier molecular flexibility index (Phi) is 5.69. The lowest BCUT2D eigenvalue weighted by molar-refractivity contribution is -0.137. The second-order valence-corrected chi connectivity index (χ2v) is 5.77. The molecule has 1 fully saturated rings. The van der Waals surface area contributed by atoms with E-state index < -0.39 is 11.7 Å². The van der Waals surface area contributed by atoms with Crippen LogP contribution in [0.5, 0.6) is 5.75 Å². The number of likely N-dealkylation sites (N-methyl/N-ethyl adjacent to an activating group) is 1. The Labute approximate surface area is 129 Å². The Balaban J connectivity index is 1.93. The monoisotopic (exact) mass is 316 g/mol. The van der Waals surface area contributed by atoms with E-state index in [-0.39, 0.29) is 0 Å². The summed E-state index contributed by atoms with van der Waals surface area (Å²) >= 11 is 0. The molecule has 1 aromatic carbocycles. The van der Waals surface area contributed by atoms with Gasteiger partial charge in [-0.25, -0.2) is 0 Å². The molecule has 0 aliphatic carbocycles. The average Bonchev–Trinajstić information content (AvgIpc) is 2.48. The van der Waals surface area contributed by atoms with Crippen LogP contribution in [0.3, 0.4) is 0 Å². The van der Waals surface area contributed by atoms with Crippen LogP contribution in [0.4, 0.5) is 13.2 Å². The highest BCUT2D eigenvalue weighted by atomic mass is 19.4. The molecule has 1 aromatic rings. The second kappa shape index (κ2) is 7.33. The number of benzene rings is 1. The molecule has 1 heterocycles. The van der Waals surface area contributed by atoms with Gasteiger partial charge in [0.1, 0.15) is 5.75 Å². The largest absolute Gasteiger partial charge is 0.496 e. The van der Waals surface area contributed by atoms with Gasteiger partial charge in [0.15, 0.2) is 0 Å². The van der Waals surface area contributed by atoms with Crippen molar-refractivity contribution in [1.29, 1.82) is 0 Å². The second-order valence-electron chi connectivity index (χ2n) is 5.77. The summed E-state index contributed by atoms with van der Waals surface area (Å²) in [4.78, 5) is 4.65. The van der Waals surface area contributed by atoms with Crippen LogP contribution in [0.25, 0.3) is 0 Å². The van der Waals surface area contributed by atoms with E-state index in [1.54, 1.807) is 0 Å². The first-order chi connectivity index (χ1) is 10.4. The summed E-state index contributed by atoms with van der Waals surface area (Å²) in [7, 11) is 3.59. The summed E-state index contributed by atoms with van der Waals surface area (Å²) in [5.41, 5.74) is 0.0225. The Morgan fingerprint density at radius 3 is 2.41 bits per heavy atom. The molecule has 0 amide bonds. The Morgan fingerprint density at radius 2 is 1.82 bits per heavy atom. The first-order valence-electron chi connectivity index (χ1n) is 7.55. The molecule has 0 N–H and O–H groups in total. The molecular formula is C16H23F3N2O. The smallest absolute Gasteiger partial charge is 0.416 e. The van der Waals surface area contributed by atoms with Crippen LogP contribution in [0.15, 0.2) is 18.2 Å². The number of ether oxygens (including phenoxy) is 1. The van der Waals surface area contributed by atoms with Crippen molar-refractivity contribution in [1.82, 2.24) is 9.80 Å². The van der Waals surface area contributed by atoms with Gasteiger partial charge in [0.05, 0.1) is 12.7 Å². The lowest BCUT2D eigenvalue weighted by Crippen LogP contribution is -2.44. The van der Waals surface area contributed by atoms with Gasteiger partial charge >= 0.3 is 6.18 Å². The minimum absolute atomic E-state index is 0.534. The molecule has 2 rings (SSSR count). The minimum atomic E-state index is -4.31. The fourth-order valence-electron chi connectivity index (χ4n) is 2.71. The number of hydrogen-bond donors (Lipinski definition) is 0. The maximum atomic E-state index is 12.8. The van der Waals surface area contributed by atoms with Crippen molar-refractivity contribution in [2.24, 2.45) is 0 Å². The van der Waals surface area contributed by atoms with E-state index in [0.29, 0.717) is 17.7 Å². The number of hydrogen-bond acceptors (Lipinski definition) is 3. The van der Waals surface area contributed by atoms with Crippen LogP contribution in [0.2, 0.25) is 0 Å². The predicted octanol–water partition coefficient (Wildman–Crippen LogP) is 2.89. The highest BCUT2D eigenvalue weighted by molar-refractivity contribution is 5.38. The molecule has 0 bridgehead atoms. The van der Waals surface area contributed by atoms with Crippen LogP contribution >= 0.6 is 0 Å². The summed E-state index contributed by atoms with van der Waals surface area (Å²) in [6, 6.07) is 3.69. The molecule has 0 saturated carbocycles. The van der Waals surface area contributed by atoms with Crippen molar-refractivity contribution >= 4 is 0 Å². The minimum Gasteiger partial charge on any atom is -0.496 e. The van der Waals surface area contributed by atoms with Crippen molar-refractivity contribution in [2.45, 2.75) is 19.0 Å². The number of aryl methyl sites for hydroxylation is 1. The Hall–Kier alpha value is -1.27. The molecule has 1 aliphatic rings. The summed E-state index contributed by atoms with van der Waals surface area (Å²) in [6.45, 7) is 5.06. The van der Waals surface area contributed by atoms with Crippen LogP contribution < -0.4 is 4.74 Å². The maximum Gasteiger partial charge on any atom is 0.416 e. The van der Waals surface area contributed by atoms with Gasteiger partial charge < -0.3 is 14.5 Å². The summed E-state index contributed by atoms with van der Waals surface area (Å²) < 4.78 is 43.6. The van der Waals surface area contributed by atoms with Crippen LogP contribution in [0, 0.1) is 0 Å². The van der Waals surface area contributed by atoms with Gasteiger partial charge in [0.25, 0.3) is 0 Å². The van der Waals surface area contributed by atoms with Gasteiger partial charge in [0, 0.05) is 26.2 Å². The highest BCUT2D eigenvalue weighted by Crippen LogP contribution is 2.33. The van der Waals surface area contributed by atoms with Gasteiger partial charge in [-0.1, -0.05) is 0 Å². The van der Waals surface area contributed by atoms with E-state index in [2.05, 4.69) is 16.8 Å². The molecule has 1 aliphatic heterocycles. The number of piperazine rings is 1. The molecule has 0 unspecified atom stereocenters. The number of alkyl halides is 3. The third kappa shape index (κ3) is 4.61. The third-order valence-electron chi connectivity index (χ3n) is 4.12. The first kappa shape index (κ1) is 17.1. The van der Waals surface area contributed by atoms with Gasteiger partial charge in [-0.2, -0.15) is 13.2 Å². The van der Waals surface area contributed by atoms with E-state index >= 15 is 0 Å². The van der Waals surface area contributed by atoms with Crippen molar-refractivity contribution in [3.05, 3.63) is 29.3 Å². The molecular weight excluding hydrogens is 293 g/mol. The quantitative estimate of drug-likeness (QED) is 0.831. The van der Waals surface area contributed by atoms with E-state index in [9.17, 15) is 13.2 Å². The third-order valence-corrected chi connectivity index (χ3v) is 4.12. The SMILES string of the molecule is COc1ccc(C(F)(F)F)cc1CCCN1CCN(C)CC1. The normalized spacial score (nSPS) is 17.7. The van der Waals surface area contributed by atoms with Crippen molar-refractivity contribution in [3.63, 3.8) is 0 Å². The standard InChI is InChI=1S/C16H23F3N2O/c1-20-8-10-21(11-9-20)7-3-4-13-12-14(16(17,18)19)5-6-15(13)22-2/h5-6,12H,3-4,7-11H2,1-2H3. The lowest BCUT2D eigenvalue weighted by atomic mass is 10.0. The summed E-state index contributed by atoms with van der Waals surface area (Å²) in [5.74, 6) is 0.534. The lowest BCUT2D eigenvalue weighted by Gasteiger charge is -2.32. The average molecular weight is 316 g/mol. The predicted molar refractivity (Wildman–Crippen MR) is 80.3 cm³/mol. The van der Waals surface area contributed by atoms with Crippen LogP contribution in [-0.2, 0) is 12.6 Å². The number of rotatable bonds is 5. The van der Waals surface area contributed by atoms with Crippen LogP contribution in [-0.4, -0.2) is 56.7 Å². The van der Waals surface area contributed by atoms with E-state index in [4.69, 9.17) is 4.74 Å². The van der Waals surface area contributed by atoms with Crippen molar-refractivity contribution < 1.29 is 17.9 Å². The molecule has 124 valence electrons. The van der Waals surface area contributed by atoms with Gasteiger partial charge in [-0.3, -0.25) is 0 Å². The molecule has 6 heteroatoms. The molecule has 0 atom stereocenters. The molecule has 3 nitrogen and oxygen atoms in total. The topological polar surface area (TPSA) is 15.7 Å². The maximum absolute atomic E-state index is 12.8. The van der Waals surface area contributed by atoms with Gasteiger partial charge in [-0.05, 0) is 50.2 Å². The Morgan fingerprint density at radius 1 is 1.14 bits per heavy atom. The molecule has 0 aromatic heterocycles. The van der Waals surface area contributed by atoms with Crippen LogP contribution in [0.1, 0.15) is 17.5 Å². The molecule has 0 radical (unpaired) electrons. The fourth-order valence-corrected chi connectivity index (χ4v) is 2.71. The van der Waals surface area contributed by atoms with Gasteiger partial charge in [0.2, 0.25) is 0 Å². The Bertz CT molecular complexity index is 483. The number of nitrogens with zero attached hydrogens (tertiary/aromatic N) is 2. The molecule has 22 heavy (non-hydrogen) atoms. The summed E-state index contributed by atoms with van der Waals surface area (Å²) in [6.07, 6.45) is -2.88. The van der Waals surface area contributed by atoms with E-state index in [1.165, 1.54) is 19.2 Å². The van der Waals surface area contributed by atoms with E-state index in [1.807, 2.05) is 0 Å². The van der Waals surface area contributed by atoms with Crippen molar-refractivity contribution in [2.75, 3.05) is 46.9 Å². The number of methoxy groups -OCH3 is 1. The fraction of sp³-hybridized carbons (Fsp3) is 0.625. The van der Waals surface area contributed by atoms with E-state index in [0.717, 1.165) is 45.2 Å². The molecule has 0 spiro atoms. The highest BCUT2D eigenvalue weighted by Gasteiger charge is 2.31. The number of halogens is 3. The molecule has 1 saturated heterocycles. The van der Waals surface area contributed by atoms with Gasteiger partial charge in [-0.15, -0.1) is 0 Å². The zero-order chi connectivity index (χ0) is 16.2. The summed E-state index contributed by atoms with van der Waals surface area (Å²) in [5, 5.41) is 0.